The minimum absolute atomic E-state index is 0.0495. The van der Waals surface area contributed by atoms with Crippen molar-refractivity contribution in [3.05, 3.63) is 51.5 Å². The monoisotopic (exact) mass is 332 g/mol. The summed E-state index contributed by atoms with van der Waals surface area (Å²) in [5.74, 6) is 5.09. The van der Waals surface area contributed by atoms with Gasteiger partial charge in [0.1, 0.15) is 5.82 Å². The summed E-state index contributed by atoms with van der Waals surface area (Å²) < 4.78 is 20.3. The Morgan fingerprint density at radius 3 is 2.81 bits per heavy atom. The molecular formula is C13H15Cl2FN4O. The van der Waals surface area contributed by atoms with Crippen molar-refractivity contribution >= 4 is 23.2 Å². The van der Waals surface area contributed by atoms with Gasteiger partial charge < -0.3 is 4.74 Å². The van der Waals surface area contributed by atoms with Gasteiger partial charge in [-0.3, -0.25) is 10.5 Å². The van der Waals surface area contributed by atoms with Crippen molar-refractivity contribution in [2.45, 2.75) is 12.6 Å². The third kappa shape index (κ3) is 3.53. The Morgan fingerprint density at radius 2 is 2.19 bits per heavy atom. The van der Waals surface area contributed by atoms with E-state index < -0.39 is 11.9 Å². The van der Waals surface area contributed by atoms with Crippen LogP contribution in [0.4, 0.5) is 4.39 Å². The van der Waals surface area contributed by atoms with E-state index in [1.165, 1.54) is 18.3 Å². The highest BCUT2D eigenvalue weighted by atomic mass is 35.5. The van der Waals surface area contributed by atoms with Crippen LogP contribution in [0.2, 0.25) is 10.0 Å². The van der Waals surface area contributed by atoms with Gasteiger partial charge in [0.05, 0.1) is 41.1 Å². The first-order valence-electron chi connectivity index (χ1n) is 6.19. The molecule has 0 aliphatic carbocycles. The zero-order valence-electron chi connectivity index (χ0n) is 11.3. The number of methoxy groups -OCH3 is 1. The van der Waals surface area contributed by atoms with Crippen molar-refractivity contribution in [3.63, 3.8) is 0 Å². The molecule has 1 heterocycles. The number of benzene rings is 1. The lowest BCUT2D eigenvalue weighted by Crippen LogP contribution is -2.31. The molecule has 5 nitrogen and oxygen atoms in total. The molecule has 0 spiro atoms. The lowest BCUT2D eigenvalue weighted by atomic mass is 10.0. The maximum atomic E-state index is 13.6. The average molecular weight is 333 g/mol. The number of hydrogen-bond donors (Lipinski definition) is 2. The molecule has 114 valence electrons. The lowest BCUT2D eigenvalue weighted by Gasteiger charge is -2.19. The summed E-state index contributed by atoms with van der Waals surface area (Å²) in [7, 11) is 1.60. The number of nitrogens with one attached hydrogen (secondary N) is 1. The molecule has 1 unspecified atom stereocenters. The van der Waals surface area contributed by atoms with E-state index in [4.69, 9.17) is 33.8 Å². The fourth-order valence-corrected chi connectivity index (χ4v) is 2.41. The minimum atomic E-state index is -0.520. The summed E-state index contributed by atoms with van der Waals surface area (Å²) in [6.45, 7) is 0.976. The number of nitrogens with two attached hydrogens (primary N) is 1. The number of hydrazine groups is 1. The van der Waals surface area contributed by atoms with Crippen molar-refractivity contribution in [3.8, 4) is 0 Å². The van der Waals surface area contributed by atoms with Gasteiger partial charge >= 0.3 is 0 Å². The van der Waals surface area contributed by atoms with Gasteiger partial charge in [0, 0.05) is 7.11 Å². The molecule has 1 atom stereocenters. The van der Waals surface area contributed by atoms with Crippen LogP contribution in [0.25, 0.3) is 0 Å². The fraction of sp³-hybridized carbons (Fsp3) is 0.308. The molecule has 0 bridgehead atoms. The Labute approximate surface area is 131 Å². The van der Waals surface area contributed by atoms with Gasteiger partial charge in [0.15, 0.2) is 0 Å². The molecule has 1 aromatic heterocycles. The molecule has 2 rings (SSSR count). The quantitative estimate of drug-likeness (QED) is 0.630. The second-order valence-corrected chi connectivity index (χ2v) is 5.18. The molecule has 21 heavy (non-hydrogen) atoms. The smallest absolute Gasteiger partial charge is 0.142 e. The first-order valence-corrected chi connectivity index (χ1v) is 6.95. The predicted octanol–water partition coefficient (Wildman–Crippen LogP) is 2.53. The Balaban J connectivity index is 2.40. The van der Waals surface area contributed by atoms with Gasteiger partial charge in [-0.15, -0.1) is 0 Å². The molecule has 0 fully saturated rings. The molecule has 1 aromatic carbocycles. The number of hydrogen-bond acceptors (Lipinski definition) is 4. The highest BCUT2D eigenvalue weighted by Crippen LogP contribution is 2.29. The topological polar surface area (TPSA) is 65.1 Å². The van der Waals surface area contributed by atoms with Crippen LogP contribution in [0.15, 0.2) is 24.4 Å². The fourth-order valence-electron chi connectivity index (χ4n) is 2.04. The van der Waals surface area contributed by atoms with E-state index in [-0.39, 0.29) is 5.02 Å². The number of ether oxygens (including phenoxy) is 1. The Bertz CT molecular complexity index is 620. The summed E-state index contributed by atoms with van der Waals surface area (Å²) in [4.78, 5) is 0. The first kappa shape index (κ1) is 16.2. The summed E-state index contributed by atoms with van der Waals surface area (Å²) in [5, 5.41) is 4.66. The van der Waals surface area contributed by atoms with E-state index in [1.54, 1.807) is 17.9 Å². The zero-order valence-corrected chi connectivity index (χ0v) is 12.8. The van der Waals surface area contributed by atoms with E-state index in [9.17, 15) is 4.39 Å². The second kappa shape index (κ2) is 7.20. The van der Waals surface area contributed by atoms with Gasteiger partial charge in [-0.2, -0.15) is 5.10 Å². The van der Waals surface area contributed by atoms with Crippen LogP contribution in [0, 0.1) is 5.82 Å². The van der Waals surface area contributed by atoms with Crippen molar-refractivity contribution in [1.29, 1.82) is 0 Å². The zero-order chi connectivity index (χ0) is 15.4. The highest BCUT2D eigenvalue weighted by Gasteiger charge is 2.22. The predicted molar refractivity (Wildman–Crippen MR) is 79.7 cm³/mol. The van der Waals surface area contributed by atoms with Gasteiger partial charge in [0.2, 0.25) is 0 Å². The molecule has 8 heteroatoms. The summed E-state index contributed by atoms with van der Waals surface area (Å²) >= 11 is 11.9. The molecule has 2 aromatic rings. The third-order valence-electron chi connectivity index (χ3n) is 3.06. The molecule has 0 saturated carbocycles. The Hall–Kier alpha value is -1.18. The lowest BCUT2D eigenvalue weighted by molar-refractivity contribution is 0.182. The van der Waals surface area contributed by atoms with Crippen LogP contribution < -0.4 is 11.3 Å². The highest BCUT2D eigenvalue weighted by molar-refractivity contribution is 6.31. The largest absolute Gasteiger partial charge is 0.383 e. The van der Waals surface area contributed by atoms with Crippen molar-refractivity contribution in [2.24, 2.45) is 5.84 Å². The van der Waals surface area contributed by atoms with Gasteiger partial charge in [-0.1, -0.05) is 29.3 Å². The average Bonchev–Trinajstić information content (AvgIpc) is 2.83. The number of rotatable bonds is 6. The molecule has 0 radical (unpaired) electrons. The van der Waals surface area contributed by atoms with E-state index in [1.807, 2.05) is 0 Å². The molecular weight excluding hydrogens is 318 g/mol. The van der Waals surface area contributed by atoms with Gasteiger partial charge in [-0.05, 0) is 17.7 Å². The SMILES string of the molecule is COCCn1ncc(Cl)c1C(NN)c1ccc(Cl)c(F)c1. The van der Waals surface area contributed by atoms with E-state index >= 15 is 0 Å². The first-order chi connectivity index (χ1) is 10.1. The van der Waals surface area contributed by atoms with E-state index in [2.05, 4.69) is 10.5 Å². The van der Waals surface area contributed by atoms with Gasteiger partial charge in [0.25, 0.3) is 0 Å². The number of aromatic nitrogens is 2. The standard InChI is InChI=1S/C13H15Cl2FN4O/c1-21-5-4-20-13(10(15)7-18-20)12(19-17)8-2-3-9(14)11(16)6-8/h2-3,6-7,12,19H,4-5,17H2,1H3. The molecule has 0 aliphatic heterocycles. The normalized spacial score (nSPS) is 12.6. The van der Waals surface area contributed by atoms with E-state index in [0.717, 1.165) is 0 Å². The maximum absolute atomic E-state index is 13.6. The minimum Gasteiger partial charge on any atom is -0.383 e. The molecule has 0 saturated heterocycles. The van der Waals surface area contributed by atoms with Crippen LogP contribution >= 0.6 is 23.2 Å². The number of halogens is 3. The van der Waals surface area contributed by atoms with Crippen LogP contribution in [0.1, 0.15) is 17.3 Å². The second-order valence-electron chi connectivity index (χ2n) is 4.37. The van der Waals surface area contributed by atoms with E-state index in [0.29, 0.717) is 29.4 Å². The molecule has 0 aliphatic rings. The van der Waals surface area contributed by atoms with Crippen LogP contribution in [0.5, 0.6) is 0 Å². The summed E-state index contributed by atoms with van der Waals surface area (Å²) in [6, 6.07) is 3.96. The van der Waals surface area contributed by atoms with Crippen molar-refractivity contribution in [1.82, 2.24) is 15.2 Å². The van der Waals surface area contributed by atoms with Crippen LogP contribution in [-0.2, 0) is 11.3 Å². The van der Waals surface area contributed by atoms with Crippen LogP contribution in [-0.4, -0.2) is 23.5 Å². The van der Waals surface area contributed by atoms with Crippen molar-refractivity contribution in [2.75, 3.05) is 13.7 Å². The third-order valence-corrected chi connectivity index (χ3v) is 3.66. The Morgan fingerprint density at radius 1 is 1.43 bits per heavy atom. The number of nitrogens with zero attached hydrogens (tertiary/aromatic N) is 2. The Kier molecular flexibility index (Phi) is 5.55. The van der Waals surface area contributed by atoms with Crippen LogP contribution in [0.3, 0.4) is 0 Å². The molecule has 3 N–H and O–H groups in total. The van der Waals surface area contributed by atoms with Crippen molar-refractivity contribution < 1.29 is 9.13 Å². The maximum Gasteiger partial charge on any atom is 0.142 e. The molecule has 0 amide bonds. The van der Waals surface area contributed by atoms with Gasteiger partial charge in [-0.25, -0.2) is 9.82 Å². The summed E-state index contributed by atoms with van der Waals surface area (Å²) in [5.41, 5.74) is 3.86. The summed E-state index contributed by atoms with van der Waals surface area (Å²) in [6.07, 6.45) is 1.52.